The number of hydrogen-bond acceptors (Lipinski definition) is 11. The van der Waals surface area contributed by atoms with Crippen LogP contribution in [0.25, 0.3) is 0 Å². The number of carbonyl (C=O) groups excluding carboxylic acids is 5. The van der Waals surface area contributed by atoms with Gasteiger partial charge in [-0.15, -0.1) is 11.3 Å². The predicted octanol–water partition coefficient (Wildman–Crippen LogP) is 6.40. The third kappa shape index (κ3) is 12.2. The summed E-state index contributed by atoms with van der Waals surface area (Å²) in [5.74, 6) is -5.87. The summed E-state index contributed by atoms with van der Waals surface area (Å²) in [5, 5.41) is 10.1. The Morgan fingerprint density at radius 3 is 2.37 bits per heavy atom. The highest BCUT2D eigenvalue weighted by molar-refractivity contribution is 7.89. The monoisotopic (exact) mass is 973 g/mol. The van der Waals surface area contributed by atoms with Crippen LogP contribution in [0.2, 0.25) is 0 Å². The molecule has 2 heterocycles. The summed E-state index contributed by atoms with van der Waals surface area (Å²) in [6.07, 6.45) is -1.35. The molecule has 1 aliphatic heterocycles. The zero-order valence-corrected chi connectivity index (χ0v) is 40.6. The van der Waals surface area contributed by atoms with Crippen LogP contribution >= 0.6 is 11.3 Å². The molecule has 2 aliphatic carbocycles. The first-order valence-corrected chi connectivity index (χ1v) is 25.4. The molecule has 0 bridgehead atoms. The maximum Gasteiger partial charge on any atom is 0.471 e. The highest BCUT2D eigenvalue weighted by atomic mass is 32.2. The minimum atomic E-state index is -5.15. The number of ether oxygens (including phenoxy) is 1. The number of amides is 5. The van der Waals surface area contributed by atoms with Crippen molar-refractivity contribution in [2.24, 2.45) is 11.8 Å². The van der Waals surface area contributed by atoms with E-state index in [0.29, 0.717) is 36.4 Å². The predicted molar refractivity (Wildman–Crippen MR) is 247 cm³/mol. The number of thiazole rings is 1. The number of sulfonamides is 1. The van der Waals surface area contributed by atoms with E-state index in [1.54, 1.807) is 40.8 Å². The van der Waals surface area contributed by atoms with Crippen molar-refractivity contribution in [3.05, 3.63) is 81.3 Å². The molecule has 5 amide bonds. The largest absolute Gasteiger partial charge is 0.471 e. The highest BCUT2D eigenvalue weighted by Crippen LogP contribution is 2.61. The van der Waals surface area contributed by atoms with Gasteiger partial charge >= 0.3 is 12.1 Å². The molecular weight excluding hydrogens is 912 g/mol. The van der Waals surface area contributed by atoms with E-state index < -0.39 is 63.3 Å². The number of likely N-dealkylation sites (N-methyl/N-ethyl adjacent to an activating group) is 2. The molecule has 4 N–H and O–H groups in total. The Hall–Kier alpha value is -4.92. The number of benzene rings is 2. The topological polar surface area (TPSA) is 196 Å². The summed E-state index contributed by atoms with van der Waals surface area (Å²) in [6.45, 7) is 11.0. The molecule has 3 aliphatic rings. The van der Waals surface area contributed by atoms with Crippen molar-refractivity contribution in [3.63, 3.8) is 0 Å². The van der Waals surface area contributed by atoms with Crippen LogP contribution in [-0.2, 0) is 39.7 Å². The number of carbonyl (C=O) groups is 5. The first-order valence-electron chi connectivity index (χ1n) is 22.8. The molecule has 6 rings (SSSR count). The van der Waals surface area contributed by atoms with Crippen molar-refractivity contribution in [2.75, 3.05) is 32.6 Å². The molecule has 1 saturated carbocycles. The Kier molecular flexibility index (Phi) is 16.3. The number of aromatic nitrogens is 1. The van der Waals surface area contributed by atoms with E-state index in [0.717, 1.165) is 37.4 Å². The van der Waals surface area contributed by atoms with Crippen molar-refractivity contribution >= 4 is 56.6 Å². The van der Waals surface area contributed by atoms with Gasteiger partial charge < -0.3 is 25.6 Å². The van der Waals surface area contributed by atoms with Crippen LogP contribution in [0, 0.1) is 11.8 Å². The summed E-state index contributed by atoms with van der Waals surface area (Å²) in [6, 6.07) is 10.7. The Morgan fingerprint density at radius 2 is 1.72 bits per heavy atom. The molecule has 0 spiro atoms. The molecule has 1 saturated heterocycles. The quantitative estimate of drug-likeness (QED) is 0.104. The van der Waals surface area contributed by atoms with Gasteiger partial charge in [-0.25, -0.2) is 13.4 Å². The summed E-state index contributed by atoms with van der Waals surface area (Å²) < 4.78 is 73.4. The second-order valence-electron chi connectivity index (χ2n) is 18.5. The number of nitrogens with one attached hydrogen (secondary N) is 4. The average Bonchev–Trinajstić information content (AvgIpc) is 3.77. The second kappa shape index (κ2) is 21.2. The molecule has 3 aromatic rings. The van der Waals surface area contributed by atoms with Gasteiger partial charge in [-0.2, -0.15) is 13.2 Å². The lowest BCUT2D eigenvalue weighted by Gasteiger charge is -2.38. The number of likely N-dealkylation sites (tertiary alicyclic amines) is 1. The van der Waals surface area contributed by atoms with Gasteiger partial charge in [0.1, 0.15) is 22.8 Å². The molecule has 2 aromatic carbocycles. The summed E-state index contributed by atoms with van der Waals surface area (Å²) in [5.41, 5.74) is 0.432. The van der Waals surface area contributed by atoms with E-state index in [4.69, 9.17) is 9.72 Å². The van der Waals surface area contributed by atoms with E-state index >= 15 is 0 Å². The fourth-order valence-corrected chi connectivity index (χ4v) is 11.5. The third-order valence-corrected chi connectivity index (χ3v) is 15.6. The highest BCUT2D eigenvalue weighted by Gasteiger charge is 2.61. The van der Waals surface area contributed by atoms with Crippen LogP contribution in [0.15, 0.2) is 53.9 Å². The van der Waals surface area contributed by atoms with Crippen molar-refractivity contribution in [2.45, 2.75) is 133 Å². The zero-order valence-electron chi connectivity index (χ0n) is 38.9. The van der Waals surface area contributed by atoms with Gasteiger partial charge in [0.25, 0.3) is 5.91 Å². The van der Waals surface area contributed by atoms with E-state index in [2.05, 4.69) is 15.4 Å². The molecule has 8 atom stereocenters. The van der Waals surface area contributed by atoms with E-state index in [-0.39, 0.29) is 65.0 Å². The molecule has 0 radical (unpaired) electrons. The summed E-state index contributed by atoms with van der Waals surface area (Å²) in [7, 11) is -0.691. The molecular formula is C47H62F3N7O8S2. The van der Waals surface area contributed by atoms with E-state index in [1.165, 1.54) is 29.5 Å². The van der Waals surface area contributed by atoms with Crippen LogP contribution in [0.4, 0.5) is 18.9 Å². The molecule has 20 heteroatoms. The van der Waals surface area contributed by atoms with Gasteiger partial charge in [0.15, 0.2) is 0 Å². The molecule has 2 fully saturated rings. The summed E-state index contributed by atoms with van der Waals surface area (Å²) >= 11 is 1.26. The van der Waals surface area contributed by atoms with Crippen LogP contribution in [-0.4, -0.2) is 110 Å². The SMILES string of the molecule is CCO[C@H](C[C@H](C(C)C)N(C)C(=O)[C@@H](NC(=O)[C@H]1CCCCN1C)[C@@H](C)CC)c1nc(C(=O)NC23CC2c2ccccc2[C@H](C(=O)NS(=O)(=O)Cc2cccc(NC(=O)C(F)(F)F)c2)C3)cs1. The Labute approximate surface area is 394 Å². The number of alkyl halides is 3. The molecule has 366 valence electrons. The van der Waals surface area contributed by atoms with Crippen LogP contribution in [0.5, 0.6) is 0 Å². The van der Waals surface area contributed by atoms with Crippen LogP contribution in [0.1, 0.15) is 130 Å². The van der Waals surface area contributed by atoms with E-state index in [9.17, 15) is 45.6 Å². The van der Waals surface area contributed by atoms with E-state index in [1.807, 2.05) is 52.6 Å². The number of piperidine rings is 1. The fraction of sp³-hybridized carbons (Fsp3) is 0.574. The number of hydrogen-bond donors (Lipinski definition) is 4. The number of halogens is 3. The lowest BCUT2D eigenvalue weighted by atomic mass is 9.79. The first-order chi connectivity index (χ1) is 31.6. The molecule has 2 unspecified atom stereocenters. The van der Waals surface area contributed by atoms with Gasteiger partial charge in [-0.3, -0.25) is 33.6 Å². The molecule has 67 heavy (non-hydrogen) atoms. The smallest absolute Gasteiger partial charge is 0.371 e. The lowest BCUT2D eigenvalue weighted by molar-refractivity contribution is -0.167. The third-order valence-electron chi connectivity index (χ3n) is 13.4. The minimum Gasteiger partial charge on any atom is -0.371 e. The summed E-state index contributed by atoms with van der Waals surface area (Å²) in [4.78, 5) is 75.7. The van der Waals surface area contributed by atoms with Crippen molar-refractivity contribution in [1.29, 1.82) is 0 Å². The number of rotatable bonds is 19. The number of anilines is 1. The van der Waals surface area contributed by atoms with Crippen LogP contribution in [0.3, 0.4) is 0 Å². The van der Waals surface area contributed by atoms with Crippen molar-refractivity contribution in [1.82, 2.24) is 30.1 Å². The van der Waals surface area contributed by atoms with Gasteiger partial charge in [0, 0.05) is 48.6 Å². The van der Waals surface area contributed by atoms with Gasteiger partial charge in [0.2, 0.25) is 27.7 Å². The normalized spacial score (nSPS) is 22.3. The van der Waals surface area contributed by atoms with Crippen LogP contribution < -0.4 is 20.7 Å². The Balaban J connectivity index is 1.14. The van der Waals surface area contributed by atoms with Gasteiger partial charge in [-0.1, -0.05) is 76.9 Å². The fourth-order valence-electron chi connectivity index (χ4n) is 9.49. The Bertz CT molecular complexity index is 2420. The minimum absolute atomic E-state index is 0.00955. The maximum absolute atomic E-state index is 14.3. The molecule has 1 aromatic heterocycles. The van der Waals surface area contributed by atoms with Gasteiger partial charge in [-0.05, 0) is 86.9 Å². The Morgan fingerprint density at radius 1 is 1.00 bits per heavy atom. The van der Waals surface area contributed by atoms with Gasteiger partial charge in [0.05, 0.1) is 17.7 Å². The lowest BCUT2D eigenvalue weighted by Crippen LogP contribution is -2.58. The average molecular weight is 974 g/mol. The zero-order chi connectivity index (χ0) is 49.0. The maximum atomic E-state index is 14.3. The molecule has 15 nitrogen and oxygen atoms in total. The first kappa shape index (κ1) is 51.5. The number of fused-ring (bicyclic) bond motifs is 3. The second-order valence-corrected chi connectivity index (χ2v) is 21.1. The standard InChI is InChI=1S/C47H62F3N7O8S2/c1-8-28(5)39(53-42(60)36-19-12-13-20-56(36)6)44(61)57(7)37(27(3)4)22-38(65-9-2)43-52-35(25-66-43)41(59)54-46-23-33(31-17-10-11-18-32(31)34(46)24-46)40(58)55-67(63,64)26-29-15-14-16-30(21-29)51-45(62)47(48,49)50/h10-11,14-18,21,25,27-28,33-34,36-39H,8-9,12-13,19-20,22-24,26H2,1-7H3,(H,51,62)(H,53,60)(H,54,59)(H,55,58)/t28-,33+,34?,36+,37+,38+,39-,46?/m0/s1. The number of nitrogens with zero attached hydrogens (tertiary/aromatic N) is 3. The van der Waals surface area contributed by atoms with Crippen molar-refractivity contribution < 1.29 is 50.3 Å². The van der Waals surface area contributed by atoms with Crippen molar-refractivity contribution in [3.8, 4) is 0 Å².